The van der Waals surface area contributed by atoms with E-state index in [2.05, 4.69) is 0 Å². The monoisotopic (exact) mass is 345 g/mol. The van der Waals surface area contributed by atoms with Crippen molar-refractivity contribution < 1.29 is 4.79 Å². The van der Waals surface area contributed by atoms with E-state index < -0.39 is 0 Å². The van der Waals surface area contributed by atoms with Crippen LogP contribution in [0.15, 0.2) is 54.2 Å². The van der Waals surface area contributed by atoms with E-state index in [1.807, 2.05) is 67.7 Å². The Hall–Kier alpha value is -1.77. The second kappa shape index (κ2) is 6.38. The van der Waals surface area contributed by atoms with Gasteiger partial charge in [0.2, 0.25) is 0 Å². The molecule has 1 aliphatic rings. The topological polar surface area (TPSA) is 20.3 Å². The van der Waals surface area contributed by atoms with Gasteiger partial charge in [-0.1, -0.05) is 53.5 Å². The van der Waals surface area contributed by atoms with Crippen LogP contribution in [0.25, 0.3) is 0 Å². The Morgan fingerprint density at radius 1 is 1.09 bits per heavy atom. The first kappa shape index (κ1) is 16.1. The van der Waals surface area contributed by atoms with E-state index in [4.69, 9.17) is 23.2 Å². The standard InChI is InChI=1S/C19H17Cl2NO/c1-22(2)11-13-9-16(12-7-8-17(20)18(21)10-12)14-5-3-4-6-15(14)19(13)23/h3-8,10-11,16H,9H2,1-2H3/b13-11-/t16-/m0/s1. The van der Waals surface area contributed by atoms with Gasteiger partial charge >= 0.3 is 0 Å². The van der Waals surface area contributed by atoms with E-state index in [1.54, 1.807) is 0 Å². The first-order chi connectivity index (χ1) is 11.0. The molecule has 0 unspecified atom stereocenters. The number of allylic oxidation sites excluding steroid dienone is 1. The average molecular weight is 346 g/mol. The number of rotatable bonds is 2. The second-order valence-electron chi connectivity index (χ2n) is 5.96. The Morgan fingerprint density at radius 3 is 2.52 bits per heavy atom. The van der Waals surface area contributed by atoms with Gasteiger partial charge in [-0.3, -0.25) is 4.79 Å². The van der Waals surface area contributed by atoms with Crippen LogP contribution in [0.2, 0.25) is 10.0 Å². The van der Waals surface area contributed by atoms with Crippen LogP contribution in [0.4, 0.5) is 0 Å². The van der Waals surface area contributed by atoms with Crippen molar-refractivity contribution in [3.63, 3.8) is 0 Å². The number of hydrogen-bond acceptors (Lipinski definition) is 2. The minimum absolute atomic E-state index is 0.102. The Labute approximate surface area is 146 Å². The molecule has 2 aromatic rings. The molecule has 3 rings (SSSR count). The van der Waals surface area contributed by atoms with E-state index >= 15 is 0 Å². The summed E-state index contributed by atoms with van der Waals surface area (Å²) in [5, 5.41) is 1.08. The second-order valence-corrected chi connectivity index (χ2v) is 6.78. The molecule has 4 heteroatoms. The third-order valence-electron chi connectivity index (χ3n) is 4.06. The molecule has 2 aromatic carbocycles. The number of carbonyl (C=O) groups excluding carboxylic acids is 1. The van der Waals surface area contributed by atoms with Gasteiger partial charge in [-0.15, -0.1) is 0 Å². The average Bonchev–Trinajstić information content (AvgIpc) is 2.52. The Kier molecular flexibility index (Phi) is 4.47. The maximum absolute atomic E-state index is 12.7. The van der Waals surface area contributed by atoms with E-state index in [1.165, 1.54) is 0 Å². The van der Waals surface area contributed by atoms with Crippen molar-refractivity contribution in [3.8, 4) is 0 Å². The molecule has 0 saturated heterocycles. The molecule has 2 nitrogen and oxygen atoms in total. The molecule has 0 heterocycles. The number of ketones is 1. The van der Waals surface area contributed by atoms with Crippen LogP contribution in [0.1, 0.15) is 33.8 Å². The van der Waals surface area contributed by atoms with Gasteiger partial charge in [0.15, 0.2) is 5.78 Å². The highest BCUT2D eigenvalue weighted by Crippen LogP contribution is 2.40. The number of nitrogens with zero attached hydrogens (tertiary/aromatic N) is 1. The number of halogens is 2. The molecular weight excluding hydrogens is 329 g/mol. The zero-order valence-corrected chi connectivity index (χ0v) is 14.5. The van der Waals surface area contributed by atoms with Gasteiger partial charge in [0.1, 0.15) is 0 Å². The van der Waals surface area contributed by atoms with Crippen LogP contribution in [-0.4, -0.2) is 24.8 Å². The van der Waals surface area contributed by atoms with Crippen molar-refractivity contribution >= 4 is 29.0 Å². The predicted molar refractivity (Wildman–Crippen MR) is 95.5 cm³/mol. The quantitative estimate of drug-likeness (QED) is 0.701. The zero-order chi connectivity index (χ0) is 16.6. The highest BCUT2D eigenvalue weighted by molar-refractivity contribution is 6.42. The number of fused-ring (bicyclic) bond motifs is 1. The van der Waals surface area contributed by atoms with Crippen molar-refractivity contribution in [3.05, 3.63) is 81.0 Å². The highest BCUT2D eigenvalue weighted by atomic mass is 35.5. The van der Waals surface area contributed by atoms with Crippen molar-refractivity contribution in [1.29, 1.82) is 0 Å². The van der Waals surface area contributed by atoms with Gasteiger partial charge in [-0.25, -0.2) is 0 Å². The van der Waals surface area contributed by atoms with Crippen LogP contribution in [0.3, 0.4) is 0 Å². The normalized spacial score (nSPS) is 18.9. The minimum Gasteiger partial charge on any atom is -0.383 e. The summed E-state index contributed by atoms with van der Waals surface area (Å²) in [7, 11) is 3.85. The lowest BCUT2D eigenvalue weighted by Crippen LogP contribution is -2.21. The lowest BCUT2D eigenvalue weighted by Gasteiger charge is -2.28. The number of benzene rings is 2. The van der Waals surface area contributed by atoms with Crippen LogP contribution in [0, 0.1) is 0 Å². The van der Waals surface area contributed by atoms with Crippen molar-refractivity contribution in [1.82, 2.24) is 4.90 Å². The molecule has 23 heavy (non-hydrogen) atoms. The molecule has 0 saturated carbocycles. The molecule has 0 aromatic heterocycles. The third kappa shape index (κ3) is 3.15. The highest BCUT2D eigenvalue weighted by Gasteiger charge is 2.30. The van der Waals surface area contributed by atoms with Crippen LogP contribution >= 0.6 is 23.2 Å². The first-order valence-corrected chi connectivity index (χ1v) is 8.18. The fraction of sp³-hybridized carbons (Fsp3) is 0.211. The van der Waals surface area contributed by atoms with E-state index in [0.717, 1.165) is 22.3 Å². The molecule has 0 bridgehead atoms. The van der Waals surface area contributed by atoms with E-state index in [0.29, 0.717) is 16.5 Å². The number of Topliss-reactive ketones (excluding diaryl/α,β-unsaturated/α-hetero) is 1. The van der Waals surface area contributed by atoms with Gasteiger partial charge in [0.05, 0.1) is 10.0 Å². The Balaban J connectivity index is 2.14. The van der Waals surface area contributed by atoms with Gasteiger partial charge in [-0.05, 0) is 29.7 Å². The molecule has 1 aliphatic carbocycles. The molecule has 0 N–H and O–H groups in total. The molecule has 0 amide bonds. The zero-order valence-electron chi connectivity index (χ0n) is 13.0. The molecule has 0 fully saturated rings. The maximum Gasteiger partial charge on any atom is 0.190 e. The van der Waals surface area contributed by atoms with Gasteiger partial charge < -0.3 is 4.90 Å². The van der Waals surface area contributed by atoms with Gasteiger partial charge in [0, 0.05) is 37.3 Å². The van der Waals surface area contributed by atoms with Crippen LogP contribution < -0.4 is 0 Å². The summed E-state index contributed by atoms with van der Waals surface area (Å²) >= 11 is 12.2. The van der Waals surface area contributed by atoms with E-state index in [9.17, 15) is 4.79 Å². The summed E-state index contributed by atoms with van der Waals surface area (Å²) in [6.45, 7) is 0. The number of hydrogen-bond donors (Lipinski definition) is 0. The molecular formula is C19H17Cl2NO. The van der Waals surface area contributed by atoms with E-state index in [-0.39, 0.29) is 11.7 Å². The molecule has 118 valence electrons. The van der Waals surface area contributed by atoms with Crippen molar-refractivity contribution in [2.24, 2.45) is 0 Å². The predicted octanol–water partition coefficient (Wildman–Crippen LogP) is 5.16. The Bertz CT molecular complexity index is 796. The minimum atomic E-state index is 0.102. The fourth-order valence-electron chi connectivity index (χ4n) is 3.05. The first-order valence-electron chi connectivity index (χ1n) is 7.43. The largest absolute Gasteiger partial charge is 0.383 e. The molecule has 0 spiro atoms. The third-order valence-corrected chi connectivity index (χ3v) is 4.80. The lowest BCUT2D eigenvalue weighted by molar-refractivity contribution is 0.102. The smallest absolute Gasteiger partial charge is 0.190 e. The SMILES string of the molecule is CN(C)/C=C1/C[C@@H](c2ccc(Cl)c(Cl)c2)c2ccccc2C1=O. The summed E-state index contributed by atoms with van der Waals surface area (Å²) in [5.74, 6) is 0.204. The van der Waals surface area contributed by atoms with Crippen LogP contribution in [-0.2, 0) is 0 Å². The fourth-order valence-corrected chi connectivity index (χ4v) is 3.36. The molecule has 0 radical (unpaired) electrons. The van der Waals surface area contributed by atoms with Crippen LogP contribution in [0.5, 0.6) is 0 Å². The van der Waals surface area contributed by atoms with Crippen molar-refractivity contribution in [2.75, 3.05) is 14.1 Å². The molecule has 1 atom stereocenters. The summed E-state index contributed by atoms with van der Waals surface area (Å²) in [6, 6.07) is 13.5. The molecule has 0 aliphatic heterocycles. The number of carbonyl (C=O) groups is 1. The lowest BCUT2D eigenvalue weighted by atomic mass is 9.76. The van der Waals surface area contributed by atoms with Gasteiger partial charge in [-0.2, -0.15) is 0 Å². The summed E-state index contributed by atoms with van der Waals surface area (Å²) < 4.78 is 0. The van der Waals surface area contributed by atoms with Gasteiger partial charge in [0.25, 0.3) is 0 Å². The summed E-state index contributed by atoms with van der Waals surface area (Å²) in [5.41, 5.74) is 3.70. The van der Waals surface area contributed by atoms with Crippen molar-refractivity contribution in [2.45, 2.75) is 12.3 Å². The maximum atomic E-state index is 12.7. The Morgan fingerprint density at radius 2 is 1.83 bits per heavy atom. The summed E-state index contributed by atoms with van der Waals surface area (Å²) in [6.07, 6.45) is 2.56. The summed E-state index contributed by atoms with van der Waals surface area (Å²) in [4.78, 5) is 14.6.